The van der Waals surface area contributed by atoms with Gasteiger partial charge in [0.05, 0.1) is 12.5 Å². The number of hydrogen-bond donors (Lipinski definition) is 2. The third kappa shape index (κ3) is 7.37. The van der Waals surface area contributed by atoms with Crippen molar-refractivity contribution in [2.75, 3.05) is 38.0 Å². The number of nitrogens with zero attached hydrogens (tertiary/aromatic N) is 5. The highest BCUT2D eigenvalue weighted by molar-refractivity contribution is 5.94. The van der Waals surface area contributed by atoms with Gasteiger partial charge in [-0.3, -0.25) is 9.69 Å². The van der Waals surface area contributed by atoms with E-state index in [-0.39, 0.29) is 24.6 Å². The third-order valence-corrected chi connectivity index (χ3v) is 10.0. The lowest BCUT2D eigenvalue weighted by atomic mass is 9.79. The Morgan fingerprint density at radius 3 is 2.23 bits per heavy atom. The number of piperidine rings is 2. The second kappa shape index (κ2) is 13.4. The van der Waals surface area contributed by atoms with E-state index in [9.17, 15) is 23.1 Å². The normalized spacial score (nSPS) is 22.9. The zero-order valence-corrected chi connectivity index (χ0v) is 25.2. The number of rotatable bonds is 9. The van der Waals surface area contributed by atoms with Gasteiger partial charge in [0.15, 0.2) is 0 Å². The van der Waals surface area contributed by atoms with E-state index in [0.29, 0.717) is 18.5 Å². The molecule has 44 heavy (non-hydrogen) atoms. The molecule has 4 heterocycles. The summed E-state index contributed by atoms with van der Waals surface area (Å²) in [6, 6.07) is 8.81. The lowest BCUT2D eigenvalue weighted by Crippen LogP contribution is -2.40. The summed E-state index contributed by atoms with van der Waals surface area (Å²) in [6.45, 7) is 4.63. The van der Waals surface area contributed by atoms with Crippen molar-refractivity contribution in [1.82, 2.24) is 24.3 Å². The van der Waals surface area contributed by atoms with Crippen LogP contribution in [-0.4, -0.2) is 80.9 Å². The second-order valence-corrected chi connectivity index (χ2v) is 12.9. The Labute approximate surface area is 256 Å². The highest BCUT2D eigenvalue weighted by Crippen LogP contribution is 2.37. The van der Waals surface area contributed by atoms with Crippen molar-refractivity contribution >= 4 is 23.4 Å². The number of alkyl halides is 3. The topological polar surface area (TPSA) is 86.5 Å². The summed E-state index contributed by atoms with van der Waals surface area (Å²) in [5.74, 6) is 1.69. The number of fused-ring (bicyclic) bond motifs is 1. The average Bonchev–Trinajstić information content (AvgIpc) is 3.40. The molecule has 1 saturated carbocycles. The van der Waals surface area contributed by atoms with Crippen LogP contribution in [0.3, 0.4) is 0 Å². The quantitative estimate of drug-likeness (QED) is 0.288. The maximum Gasteiger partial charge on any atom is 0.390 e. The van der Waals surface area contributed by atoms with Gasteiger partial charge in [0.1, 0.15) is 5.65 Å². The first-order valence-electron chi connectivity index (χ1n) is 16.1. The van der Waals surface area contributed by atoms with Gasteiger partial charge in [-0.15, -0.1) is 0 Å². The molecule has 0 atom stereocenters. The second-order valence-electron chi connectivity index (χ2n) is 12.9. The molecule has 1 aromatic carbocycles. The number of aromatic nitrogens is 3. The van der Waals surface area contributed by atoms with E-state index < -0.39 is 12.6 Å². The van der Waals surface area contributed by atoms with Crippen molar-refractivity contribution in [3.05, 3.63) is 42.2 Å². The van der Waals surface area contributed by atoms with Crippen LogP contribution in [0.4, 0.5) is 19.1 Å². The number of aliphatic hydroxyl groups excluding tert-OH is 1. The minimum atomic E-state index is -4.24. The Bertz CT molecular complexity index is 1390. The van der Waals surface area contributed by atoms with Crippen LogP contribution in [0.1, 0.15) is 69.4 Å². The number of carbonyl (C=O) groups excluding carboxylic acids is 1. The predicted octanol–water partition coefficient (Wildman–Crippen LogP) is 6.02. The van der Waals surface area contributed by atoms with Gasteiger partial charge in [0.2, 0.25) is 12.4 Å². The monoisotopic (exact) mass is 612 g/mol. The van der Waals surface area contributed by atoms with Gasteiger partial charge in [-0.25, -0.2) is 4.98 Å². The van der Waals surface area contributed by atoms with Gasteiger partial charge in [0, 0.05) is 55.6 Å². The van der Waals surface area contributed by atoms with E-state index in [1.54, 1.807) is 6.20 Å². The smallest absolute Gasteiger partial charge is 0.390 e. The van der Waals surface area contributed by atoms with Crippen molar-refractivity contribution in [3.8, 4) is 11.1 Å². The Balaban J connectivity index is 1.13. The van der Waals surface area contributed by atoms with Gasteiger partial charge in [-0.1, -0.05) is 24.3 Å². The SMILES string of the molecule is O=CN1CCC(C2CCN(Cc3ccc(-c4cn(C5CCC(O)CC5)c5nc(NCCC(F)(F)F)ncc45)cc3)CC2)CC1. The largest absolute Gasteiger partial charge is 0.393 e. The van der Waals surface area contributed by atoms with Gasteiger partial charge >= 0.3 is 6.18 Å². The van der Waals surface area contributed by atoms with E-state index >= 15 is 0 Å². The van der Waals surface area contributed by atoms with E-state index in [1.165, 1.54) is 18.4 Å². The maximum absolute atomic E-state index is 12.7. The number of carbonyl (C=O) groups is 1. The summed E-state index contributed by atoms with van der Waals surface area (Å²) >= 11 is 0. The highest BCUT2D eigenvalue weighted by atomic mass is 19.4. The third-order valence-electron chi connectivity index (χ3n) is 10.0. The molecule has 0 spiro atoms. The number of benzene rings is 1. The molecule has 3 aliphatic rings. The summed E-state index contributed by atoms with van der Waals surface area (Å²) in [7, 11) is 0. The first-order chi connectivity index (χ1) is 21.3. The van der Waals surface area contributed by atoms with Crippen LogP contribution < -0.4 is 5.32 Å². The van der Waals surface area contributed by atoms with Crippen molar-refractivity contribution in [1.29, 1.82) is 0 Å². The molecular formula is C33H43F3N6O2. The number of amides is 1. The van der Waals surface area contributed by atoms with Gasteiger partial charge < -0.3 is 19.9 Å². The van der Waals surface area contributed by atoms with Gasteiger partial charge in [0.25, 0.3) is 0 Å². The molecule has 2 aliphatic heterocycles. The Kier molecular flexibility index (Phi) is 9.42. The van der Waals surface area contributed by atoms with Crippen LogP contribution in [0.15, 0.2) is 36.7 Å². The first kappa shape index (κ1) is 30.8. The van der Waals surface area contributed by atoms with Crippen molar-refractivity contribution < 1.29 is 23.1 Å². The lowest BCUT2D eigenvalue weighted by molar-refractivity contribution is -0.131. The molecule has 1 amide bonds. The molecule has 3 aromatic rings. The fourth-order valence-corrected chi connectivity index (χ4v) is 7.40. The van der Waals surface area contributed by atoms with E-state index in [1.807, 2.05) is 4.90 Å². The standard InChI is InChI=1S/C33H43F3N6O2/c34-33(35,36)13-14-37-32-38-19-29-30(21-42(31(29)39-32)27-5-7-28(44)8-6-27)26-3-1-23(2-4-26)20-40-15-9-24(10-16-40)25-11-17-41(22-43)18-12-25/h1-4,19,21-22,24-25,27-28,44H,5-18,20H2,(H,37,38,39). The van der Waals surface area contributed by atoms with Gasteiger partial charge in [-0.2, -0.15) is 18.2 Å². The average molecular weight is 613 g/mol. The lowest BCUT2D eigenvalue weighted by Gasteiger charge is -2.39. The molecular weight excluding hydrogens is 569 g/mol. The summed E-state index contributed by atoms with van der Waals surface area (Å²) < 4.78 is 40.2. The van der Waals surface area contributed by atoms with Crippen LogP contribution in [0.2, 0.25) is 0 Å². The van der Waals surface area contributed by atoms with E-state index in [2.05, 4.69) is 55.2 Å². The van der Waals surface area contributed by atoms with Crippen molar-refractivity contribution in [2.24, 2.45) is 11.8 Å². The molecule has 1 aliphatic carbocycles. The first-order valence-corrected chi connectivity index (χ1v) is 16.1. The van der Waals surface area contributed by atoms with E-state index in [4.69, 9.17) is 0 Å². The van der Waals surface area contributed by atoms with Crippen LogP contribution in [0.5, 0.6) is 0 Å². The molecule has 11 heteroatoms. The van der Waals surface area contributed by atoms with E-state index in [0.717, 1.165) is 93.2 Å². The Morgan fingerprint density at radius 1 is 0.932 bits per heavy atom. The number of halogens is 3. The molecule has 238 valence electrons. The fourth-order valence-electron chi connectivity index (χ4n) is 7.40. The molecule has 2 N–H and O–H groups in total. The highest BCUT2D eigenvalue weighted by Gasteiger charge is 2.30. The molecule has 6 rings (SSSR count). The Hall–Kier alpha value is -3.18. The summed E-state index contributed by atoms with van der Waals surface area (Å²) in [4.78, 5) is 24.5. The maximum atomic E-state index is 12.7. The zero-order chi connectivity index (χ0) is 30.7. The number of hydrogen-bond acceptors (Lipinski definition) is 6. The van der Waals surface area contributed by atoms with Crippen LogP contribution >= 0.6 is 0 Å². The van der Waals surface area contributed by atoms with Crippen molar-refractivity contribution in [3.63, 3.8) is 0 Å². The molecule has 2 saturated heterocycles. The van der Waals surface area contributed by atoms with Crippen LogP contribution in [0.25, 0.3) is 22.2 Å². The Morgan fingerprint density at radius 2 is 1.59 bits per heavy atom. The molecule has 2 aromatic heterocycles. The zero-order valence-electron chi connectivity index (χ0n) is 25.2. The summed E-state index contributed by atoms with van der Waals surface area (Å²) in [5, 5.41) is 13.7. The molecule has 0 unspecified atom stereocenters. The fraction of sp³-hybridized carbons (Fsp3) is 0.606. The van der Waals surface area contributed by atoms with Crippen LogP contribution in [0, 0.1) is 11.8 Å². The minimum absolute atomic E-state index is 0.160. The number of anilines is 1. The number of aliphatic hydroxyl groups is 1. The van der Waals surface area contributed by atoms with Crippen LogP contribution in [-0.2, 0) is 11.3 Å². The molecule has 8 nitrogen and oxygen atoms in total. The summed E-state index contributed by atoms with van der Waals surface area (Å²) in [6.07, 6.45) is 7.07. The molecule has 0 radical (unpaired) electrons. The molecule has 0 bridgehead atoms. The number of nitrogens with one attached hydrogen (secondary N) is 1. The summed E-state index contributed by atoms with van der Waals surface area (Å²) in [5.41, 5.74) is 4.02. The number of likely N-dealkylation sites (tertiary alicyclic amines) is 2. The molecule has 3 fully saturated rings. The van der Waals surface area contributed by atoms with Crippen molar-refractivity contribution in [2.45, 2.75) is 82.7 Å². The minimum Gasteiger partial charge on any atom is -0.393 e. The van der Waals surface area contributed by atoms with Gasteiger partial charge in [-0.05, 0) is 87.4 Å². The predicted molar refractivity (Wildman–Crippen MR) is 164 cm³/mol.